The number of aryl methyl sites for hydroxylation is 2. The van der Waals surface area contributed by atoms with E-state index in [0.717, 1.165) is 41.6 Å². The average molecular weight is 257 g/mol. The topological polar surface area (TPSA) is 66.5 Å². The molecule has 2 aromatic rings. The fourth-order valence-electron chi connectivity index (χ4n) is 2.50. The van der Waals surface area contributed by atoms with Gasteiger partial charge in [0.1, 0.15) is 11.5 Å². The molecule has 0 bridgehead atoms. The SMILES string of the molecule is Cc1cc(-c2cc(C)[nH]n2)nc([C@H]2CCCCN2)n1. The van der Waals surface area contributed by atoms with Crippen LogP contribution in [-0.2, 0) is 0 Å². The van der Waals surface area contributed by atoms with Gasteiger partial charge in [0, 0.05) is 11.4 Å². The Hall–Kier alpha value is -1.75. The third kappa shape index (κ3) is 2.66. The van der Waals surface area contributed by atoms with E-state index in [1.54, 1.807) is 0 Å². The van der Waals surface area contributed by atoms with Crippen LogP contribution in [0.3, 0.4) is 0 Å². The summed E-state index contributed by atoms with van der Waals surface area (Å²) in [7, 11) is 0. The second kappa shape index (κ2) is 5.09. The molecule has 5 heteroatoms. The number of aromatic amines is 1. The van der Waals surface area contributed by atoms with Gasteiger partial charge in [-0.15, -0.1) is 0 Å². The fraction of sp³-hybridized carbons (Fsp3) is 0.500. The monoisotopic (exact) mass is 257 g/mol. The third-order valence-corrected chi connectivity index (χ3v) is 3.46. The van der Waals surface area contributed by atoms with Gasteiger partial charge in [-0.2, -0.15) is 5.10 Å². The maximum absolute atomic E-state index is 4.68. The zero-order valence-electron chi connectivity index (χ0n) is 11.4. The van der Waals surface area contributed by atoms with Gasteiger partial charge in [0.2, 0.25) is 0 Å². The van der Waals surface area contributed by atoms with Crippen LogP contribution < -0.4 is 5.32 Å². The Kier molecular flexibility index (Phi) is 3.29. The first kappa shape index (κ1) is 12.3. The maximum Gasteiger partial charge on any atom is 0.146 e. The molecule has 1 atom stereocenters. The van der Waals surface area contributed by atoms with Crippen molar-refractivity contribution < 1.29 is 0 Å². The third-order valence-electron chi connectivity index (χ3n) is 3.46. The van der Waals surface area contributed by atoms with Crippen LogP contribution in [0.1, 0.15) is 42.5 Å². The van der Waals surface area contributed by atoms with Crippen LogP contribution in [0.5, 0.6) is 0 Å². The van der Waals surface area contributed by atoms with Crippen LogP contribution in [-0.4, -0.2) is 26.7 Å². The average Bonchev–Trinajstić information content (AvgIpc) is 2.86. The molecule has 3 heterocycles. The number of nitrogens with one attached hydrogen (secondary N) is 2. The first-order valence-electron chi connectivity index (χ1n) is 6.84. The molecular formula is C14H19N5. The zero-order chi connectivity index (χ0) is 13.2. The Morgan fingerprint density at radius 1 is 1.11 bits per heavy atom. The molecule has 1 saturated heterocycles. The summed E-state index contributed by atoms with van der Waals surface area (Å²) in [6, 6.07) is 4.29. The second-order valence-corrected chi connectivity index (χ2v) is 5.19. The summed E-state index contributed by atoms with van der Waals surface area (Å²) in [4.78, 5) is 9.26. The minimum absolute atomic E-state index is 0.285. The Morgan fingerprint density at radius 2 is 2.00 bits per heavy atom. The highest BCUT2D eigenvalue weighted by molar-refractivity contribution is 5.54. The molecule has 0 aliphatic carbocycles. The highest BCUT2D eigenvalue weighted by Crippen LogP contribution is 2.23. The van der Waals surface area contributed by atoms with Gasteiger partial charge in [-0.05, 0) is 45.4 Å². The Labute approximate surface area is 112 Å². The number of hydrogen-bond donors (Lipinski definition) is 2. The van der Waals surface area contributed by atoms with Gasteiger partial charge in [-0.3, -0.25) is 5.10 Å². The van der Waals surface area contributed by atoms with Crippen molar-refractivity contribution in [1.82, 2.24) is 25.5 Å². The van der Waals surface area contributed by atoms with Crippen molar-refractivity contribution >= 4 is 0 Å². The molecular weight excluding hydrogens is 238 g/mol. The van der Waals surface area contributed by atoms with E-state index in [1.807, 2.05) is 26.0 Å². The minimum atomic E-state index is 0.285. The van der Waals surface area contributed by atoms with Gasteiger partial charge in [0.25, 0.3) is 0 Å². The predicted octanol–water partition coefficient (Wildman–Crippen LogP) is 2.30. The van der Waals surface area contributed by atoms with Gasteiger partial charge in [-0.1, -0.05) is 6.42 Å². The molecule has 0 amide bonds. The molecule has 0 radical (unpaired) electrons. The second-order valence-electron chi connectivity index (χ2n) is 5.19. The molecule has 19 heavy (non-hydrogen) atoms. The summed E-state index contributed by atoms with van der Waals surface area (Å²) in [6.45, 7) is 5.06. The number of piperidine rings is 1. The van der Waals surface area contributed by atoms with Crippen molar-refractivity contribution in [3.8, 4) is 11.4 Å². The van der Waals surface area contributed by atoms with Gasteiger partial charge >= 0.3 is 0 Å². The lowest BCUT2D eigenvalue weighted by atomic mass is 10.0. The summed E-state index contributed by atoms with van der Waals surface area (Å²) < 4.78 is 0. The first-order chi connectivity index (χ1) is 9.22. The first-order valence-corrected chi connectivity index (χ1v) is 6.84. The number of aromatic nitrogens is 4. The van der Waals surface area contributed by atoms with Crippen LogP contribution in [0.2, 0.25) is 0 Å². The van der Waals surface area contributed by atoms with Crippen LogP contribution in [0.4, 0.5) is 0 Å². The summed E-state index contributed by atoms with van der Waals surface area (Å²) in [5, 5.41) is 10.7. The standard InChI is InChI=1S/C14H19N5/c1-9-7-12(13-8-10(2)18-19-13)17-14(16-9)11-5-3-4-6-15-11/h7-8,11,15H,3-6H2,1-2H3,(H,18,19)/t11-/m1/s1. The number of hydrogen-bond acceptors (Lipinski definition) is 4. The van der Waals surface area contributed by atoms with Crippen LogP contribution in [0.25, 0.3) is 11.4 Å². The summed E-state index contributed by atoms with van der Waals surface area (Å²) >= 11 is 0. The van der Waals surface area contributed by atoms with E-state index in [-0.39, 0.29) is 6.04 Å². The lowest BCUT2D eigenvalue weighted by molar-refractivity contribution is 0.397. The highest BCUT2D eigenvalue weighted by Gasteiger charge is 2.19. The van der Waals surface area contributed by atoms with E-state index in [2.05, 4.69) is 25.5 Å². The molecule has 1 aliphatic heterocycles. The van der Waals surface area contributed by atoms with E-state index in [0.29, 0.717) is 0 Å². The molecule has 0 spiro atoms. The van der Waals surface area contributed by atoms with E-state index in [1.165, 1.54) is 12.8 Å². The highest BCUT2D eigenvalue weighted by atomic mass is 15.1. The molecule has 0 unspecified atom stereocenters. The molecule has 0 aromatic carbocycles. The summed E-state index contributed by atoms with van der Waals surface area (Å²) in [6.07, 6.45) is 3.60. The molecule has 0 saturated carbocycles. The molecule has 1 fully saturated rings. The molecule has 100 valence electrons. The van der Waals surface area contributed by atoms with Gasteiger partial charge < -0.3 is 5.32 Å². The normalized spacial score (nSPS) is 19.6. The molecule has 1 aliphatic rings. The van der Waals surface area contributed by atoms with Crippen molar-refractivity contribution in [2.24, 2.45) is 0 Å². The maximum atomic E-state index is 4.68. The Morgan fingerprint density at radius 3 is 2.68 bits per heavy atom. The van der Waals surface area contributed by atoms with Crippen LogP contribution in [0, 0.1) is 13.8 Å². The van der Waals surface area contributed by atoms with Gasteiger partial charge in [0.05, 0.1) is 11.7 Å². The minimum Gasteiger partial charge on any atom is -0.307 e. The molecule has 2 aromatic heterocycles. The Balaban J connectivity index is 1.95. The van der Waals surface area contributed by atoms with Gasteiger partial charge in [-0.25, -0.2) is 9.97 Å². The van der Waals surface area contributed by atoms with E-state index < -0.39 is 0 Å². The number of H-pyrrole nitrogens is 1. The smallest absolute Gasteiger partial charge is 0.146 e. The quantitative estimate of drug-likeness (QED) is 0.866. The van der Waals surface area contributed by atoms with Crippen molar-refractivity contribution in [2.75, 3.05) is 6.54 Å². The van der Waals surface area contributed by atoms with E-state index in [9.17, 15) is 0 Å². The lowest BCUT2D eigenvalue weighted by Gasteiger charge is -2.22. The van der Waals surface area contributed by atoms with Crippen molar-refractivity contribution in [3.63, 3.8) is 0 Å². The summed E-state index contributed by atoms with van der Waals surface area (Å²) in [5.74, 6) is 0.898. The van der Waals surface area contributed by atoms with Crippen LogP contribution >= 0.6 is 0 Å². The fourth-order valence-corrected chi connectivity index (χ4v) is 2.50. The number of nitrogens with zero attached hydrogens (tertiary/aromatic N) is 3. The van der Waals surface area contributed by atoms with Gasteiger partial charge in [0.15, 0.2) is 0 Å². The largest absolute Gasteiger partial charge is 0.307 e. The van der Waals surface area contributed by atoms with Crippen molar-refractivity contribution in [3.05, 3.63) is 29.3 Å². The Bertz CT molecular complexity index is 569. The predicted molar refractivity (Wildman–Crippen MR) is 73.7 cm³/mol. The lowest BCUT2D eigenvalue weighted by Crippen LogP contribution is -2.28. The number of rotatable bonds is 2. The molecule has 3 rings (SSSR count). The summed E-state index contributed by atoms with van der Waals surface area (Å²) in [5.41, 5.74) is 3.83. The van der Waals surface area contributed by atoms with Crippen LogP contribution in [0.15, 0.2) is 12.1 Å². The van der Waals surface area contributed by atoms with E-state index in [4.69, 9.17) is 0 Å². The molecule has 5 nitrogen and oxygen atoms in total. The zero-order valence-corrected chi connectivity index (χ0v) is 11.4. The van der Waals surface area contributed by atoms with Crippen molar-refractivity contribution in [1.29, 1.82) is 0 Å². The molecule has 2 N–H and O–H groups in total. The van der Waals surface area contributed by atoms with E-state index >= 15 is 0 Å². The van der Waals surface area contributed by atoms with Crippen molar-refractivity contribution in [2.45, 2.75) is 39.2 Å².